The summed E-state index contributed by atoms with van der Waals surface area (Å²) < 4.78 is 1.53. The summed E-state index contributed by atoms with van der Waals surface area (Å²) in [5.74, 6) is -0.771. The largest absolute Gasteiger partial charge is 0.338 e. The maximum Gasteiger partial charge on any atom is 0.270 e. The van der Waals surface area contributed by atoms with Crippen molar-refractivity contribution in [3.63, 3.8) is 0 Å². The third kappa shape index (κ3) is 5.63. The molecule has 1 aliphatic heterocycles. The van der Waals surface area contributed by atoms with E-state index in [1.54, 1.807) is 19.3 Å². The van der Waals surface area contributed by atoms with E-state index in [2.05, 4.69) is 74.3 Å². The van der Waals surface area contributed by atoms with E-state index in [0.29, 0.717) is 11.4 Å². The van der Waals surface area contributed by atoms with Gasteiger partial charge in [-0.05, 0) is 103 Å². The third-order valence-electron chi connectivity index (χ3n) is 9.52. The predicted molar refractivity (Wildman–Crippen MR) is 179 cm³/mol. The van der Waals surface area contributed by atoms with E-state index in [9.17, 15) is 9.59 Å². The minimum absolute atomic E-state index is 0.197. The molecule has 0 saturated carbocycles. The van der Waals surface area contributed by atoms with Gasteiger partial charge in [0.05, 0.1) is 5.69 Å². The van der Waals surface area contributed by atoms with Gasteiger partial charge in [0.25, 0.3) is 5.91 Å². The molecule has 1 unspecified atom stereocenters. The monoisotopic (exact) mass is 613 g/mol. The van der Waals surface area contributed by atoms with Crippen molar-refractivity contribution in [2.24, 2.45) is 7.05 Å². The number of aryl methyl sites for hydroxylation is 4. The molecular weight excluding hydrogens is 574 g/mol. The predicted octanol–water partition coefficient (Wildman–Crippen LogP) is 5.90. The molecule has 2 aromatic heterocycles. The van der Waals surface area contributed by atoms with Gasteiger partial charge in [-0.15, -0.1) is 0 Å². The number of hydrogen-bond acceptors (Lipinski definition) is 5. The maximum atomic E-state index is 14.2. The summed E-state index contributed by atoms with van der Waals surface area (Å²) in [6, 6.07) is 22.0. The number of rotatable bonds is 7. The van der Waals surface area contributed by atoms with Crippen LogP contribution in [0.4, 0.5) is 5.69 Å². The fraction of sp³-hybridized carbons (Fsp3) is 0.297. The zero-order valence-electron chi connectivity index (χ0n) is 26.7. The third-order valence-corrected chi connectivity index (χ3v) is 9.52. The van der Waals surface area contributed by atoms with Gasteiger partial charge < -0.3 is 10.6 Å². The highest BCUT2D eigenvalue weighted by Gasteiger charge is 2.35. The molecule has 3 aromatic carbocycles. The molecule has 3 N–H and O–H groups in total. The van der Waals surface area contributed by atoms with Crippen molar-refractivity contribution in [3.05, 3.63) is 112 Å². The first kappa shape index (κ1) is 29.7. The highest BCUT2D eigenvalue weighted by Crippen LogP contribution is 2.38. The molecule has 0 bridgehead atoms. The number of aromatic amines is 1. The smallest absolute Gasteiger partial charge is 0.270 e. The zero-order valence-corrected chi connectivity index (χ0v) is 26.7. The van der Waals surface area contributed by atoms with Gasteiger partial charge in [-0.1, -0.05) is 42.5 Å². The summed E-state index contributed by atoms with van der Waals surface area (Å²) >= 11 is 0. The van der Waals surface area contributed by atoms with E-state index in [4.69, 9.17) is 0 Å². The Kier molecular flexibility index (Phi) is 7.78. The number of hydrogen-bond donors (Lipinski definition) is 3. The molecule has 0 spiro atoms. The minimum atomic E-state index is -0.789. The van der Waals surface area contributed by atoms with Crippen LogP contribution in [0.1, 0.15) is 62.9 Å². The zero-order chi connectivity index (χ0) is 31.9. The highest BCUT2D eigenvalue weighted by atomic mass is 16.2. The Hall–Kier alpha value is -5.02. The number of anilines is 1. The first-order valence-electron chi connectivity index (χ1n) is 15.9. The molecule has 2 atom stereocenters. The summed E-state index contributed by atoms with van der Waals surface area (Å²) in [7, 11) is 3.87. The molecule has 0 fully saturated rings. The Balaban J connectivity index is 1.21. The van der Waals surface area contributed by atoms with Gasteiger partial charge in [-0.3, -0.25) is 24.3 Å². The van der Waals surface area contributed by atoms with Crippen molar-refractivity contribution < 1.29 is 9.59 Å². The number of aromatic nitrogens is 4. The highest BCUT2D eigenvalue weighted by molar-refractivity contribution is 6.01. The average molecular weight is 614 g/mol. The van der Waals surface area contributed by atoms with Gasteiger partial charge in [0.1, 0.15) is 11.7 Å². The van der Waals surface area contributed by atoms with Crippen molar-refractivity contribution >= 4 is 17.5 Å². The Bertz CT molecular complexity index is 1920. The number of carbonyl (C=O) groups excluding carboxylic acids is 2. The molecule has 1 aliphatic carbocycles. The molecule has 46 heavy (non-hydrogen) atoms. The number of fused-ring (bicyclic) bond motifs is 2. The van der Waals surface area contributed by atoms with E-state index in [1.807, 2.05) is 38.1 Å². The molecule has 2 amide bonds. The lowest BCUT2D eigenvalue weighted by molar-refractivity contribution is -0.118. The number of amides is 2. The van der Waals surface area contributed by atoms with Crippen molar-refractivity contribution in [3.8, 4) is 22.3 Å². The van der Waals surface area contributed by atoms with Crippen molar-refractivity contribution in [2.75, 3.05) is 12.4 Å². The topological polar surface area (TPSA) is 108 Å². The Morgan fingerprint density at radius 3 is 2.33 bits per heavy atom. The maximum absolute atomic E-state index is 14.2. The van der Waals surface area contributed by atoms with Crippen LogP contribution in [0.3, 0.4) is 0 Å². The number of benzene rings is 3. The van der Waals surface area contributed by atoms with E-state index in [0.717, 1.165) is 66.0 Å². The SMILES string of the molecule is Cc1n[nH]c(C)c1-c1ccc(NC(=O)C(NC(=O)c2ccnn2C)[C@@H]2CCCc3ccc(-c4ccc5c(c4)CN(C)C5)cc32)cc1. The van der Waals surface area contributed by atoms with Crippen LogP contribution >= 0.6 is 0 Å². The quantitative estimate of drug-likeness (QED) is 0.212. The van der Waals surface area contributed by atoms with Crippen LogP contribution in [0.2, 0.25) is 0 Å². The fourth-order valence-electron chi connectivity index (χ4n) is 7.18. The molecule has 9 nitrogen and oxygen atoms in total. The molecule has 0 saturated heterocycles. The van der Waals surface area contributed by atoms with Gasteiger partial charge in [0, 0.05) is 49.2 Å². The van der Waals surface area contributed by atoms with Crippen LogP contribution in [0.25, 0.3) is 22.3 Å². The molecule has 234 valence electrons. The number of nitrogens with zero attached hydrogens (tertiary/aromatic N) is 4. The molecule has 5 aromatic rings. The van der Waals surface area contributed by atoms with Crippen LogP contribution in [0.5, 0.6) is 0 Å². The van der Waals surface area contributed by atoms with Crippen molar-refractivity contribution in [1.29, 1.82) is 0 Å². The van der Waals surface area contributed by atoms with E-state index in [1.165, 1.54) is 26.9 Å². The summed E-state index contributed by atoms with van der Waals surface area (Å²) in [4.78, 5) is 30.0. The summed E-state index contributed by atoms with van der Waals surface area (Å²) in [5.41, 5.74) is 12.4. The number of nitrogens with one attached hydrogen (secondary N) is 3. The molecule has 3 heterocycles. The lowest BCUT2D eigenvalue weighted by Crippen LogP contribution is -2.48. The second-order valence-corrected chi connectivity index (χ2v) is 12.7. The summed E-state index contributed by atoms with van der Waals surface area (Å²) in [6.07, 6.45) is 4.25. The lowest BCUT2D eigenvalue weighted by Gasteiger charge is -2.32. The molecule has 2 aliphatic rings. The fourth-order valence-corrected chi connectivity index (χ4v) is 7.18. The Morgan fingerprint density at radius 1 is 0.891 bits per heavy atom. The van der Waals surface area contributed by atoms with E-state index < -0.39 is 6.04 Å². The van der Waals surface area contributed by atoms with Gasteiger partial charge >= 0.3 is 0 Å². The molecular formula is C37H39N7O2. The molecule has 9 heteroatoms. The standard InChI is InChI=1S/C37H39N7O2/c1-22-34(23(2)42-41-22)25-12-14-30(15-13-25)39-37(46)35(40-36(45)33-16-17-38-44(33)4)31-7-5-6-24-8-9-27(19-32(24)31)26-10-11-28-20-43(3)21-29(28)18-26/h8-19,31,35H,5-7,20-21H2,1-4H3,(H,39,46)(H,40,45)(H,41,42)/t31-,35?/m1/s1. The lowest BCUT2D eigenvalue weighted by atomic mass is 9.77. The van der Waals surface area contributed by atoms with Gasteiger partial charge in [0.2, 0.25) is 5.91 Å². The number of H-pyrrole nitrogens is 1. The normalized spacial score (nSPS) is 16.5. The van der Waals surface area contributed by atoms with Crippen LogP contribution < -0.4 is 10.6 Å². The Labute approximate surface area is 269 Å². The van der Waals surface area contributed by atoms with Crippen molar-refractivity contribution in [1.82, 2.24) is 30.2 Å². The Morgan fingerprint density at radius 2 is 1.61 bits per heavy atom. The van der Waals surface area contributed by atoms with Crippen LogP contribution in [0, 0.1) is 13.8 Å². The number of carbonyl (C=O) groups is 2. The summed E-state index contributed by atoms with van der Waals surface area (Å²) in [6.45, 7) is 5.89. The minimum Gasteiger partial charge on any atom is -0.338 e. The molecule has 7 rings (SSSR count). The summed E-state index contributed by atoms with van der Waals surface area (Å²) in [5, 5.41) is 17.7. The van der Waals surface area contributed by atoms with E-state index >= 15 is 0 Å². The average Bonchev–Trinajstić information content (AvgIpc) is 3.76. The second kappa shape index (κ2) is 12.1. The second-order valence-electron chi connectivity index (χ2n) is 12.7. The molecule has 0 radical (unpaired) electrons. The van der Waals surface area contributed by atoms with Gasteiger partial charge in [-0.2, -0.15) is 10.2 Å². The first-order chi connectivity index (χ1) is 22.2. The van der Waals surface area contributed by atoms with Crippen LogP contribution in [0.15, 0.2) is 72.9 Å². The first-order valence-corrected chi connectivity index (χ1v) is 15.9. The van der Waals surface area contributed by atoms with Crippen molar-refractivity contribution in [2.45, 2.75) is 58.2 Å². The van der Waals surface area contributed by atoms with Gasteiger partial charge in [0.15, 0.2) is 0 Å². The van der Waals surface area contributed by atoms with Crippen LogP contribution in [-0.4, -0.2) is 49.8 Å². The van der Waals surface area contributed by atoms with Gasteiger partial charge in [-0.25, -0.2) is 0 Å². The van der Waals surface area contributed by atoms with Crippen LogP contribution in [-0.2, 0) is 31.4 Å². The van der Waals surface area contributed by atoms with E-state index in [-0.39, 0.29) is 17.7 Å².